The van der Waals surface area contributed by atoms with Crippen molar-refractivity contribution in [2.24, 2.45) is 7.05 Å². The quantitative estimate of drug-likeness (QED) is 0.413. The predicted octanol–water partition coefficient (Wildman–Crippen LogP) is -0.974. The Morgan fingerprint density at radius 2 is 2.64 bits per heavy atom. The largest absolute Gasteiger partial charge is 0.286 e. The van der Waals surface area contributed by atoms with Crippen molar-refractivity contribution in [1.82, 2.24) is 20.3 Å². The number of rotatable bonds is 1. The number of hydrogen-bond donors (Lipinski definition) is 1. The van der Waals surface area contributed by atoms with Gasteiger partial charge in [-0.3, -0.25) is 14.8 Å². The Balaban J connectivity index is 2.78. The van der Waals surface area contributed by atoms with Crippen molar-refractivity contribution >= 4 is 5.91 Å². The minimum atomic E-state index is -0.541. The van der Waals surface area contributed by atoms with Gasteiger partial charge in [-0.15, -0.1) is 5.10 Å². The molecule has 1 amide bonds. The third kappa shape index (κ3) is 1.52. The second kappa shape index (κ2) is 2.79. The zero-order valence-electron chi connectivity index (χ0n) is 5.77. The van der Waals surface area contributed by atoms with Gasteiger partial charge in [-0.25, -0.2) is 0 Å². The molecule has 0 aliphatic heterocycles. The van der Waals surface area contributed by atoms with Crippen molar-refractivity contribution in [3.8, 4) is 6.19 Å². The highest BCUT2D eigenvalue weighted by Crippen LogP contribution is 1.88. The third-order valence-electron chi connectivity index (χ3n) is 1.00. The van der Waals surface area contributed by atoms with E-state index in [9.17, 15) is 4.79 Å². The number of aromatic nitrogens is 3. The molecular weight excluding hydrogens is 146 g/mol. The van der Waals surface area contributed by atoms with Crippen LogP contribution in [-0.2, 0) is 7.05 Å². The normalized spacial score (nSPS) is 8.73. The standard InChI is InChI=1S/C5H5N5O/c1-10-2-4(8-9-10)5(11)7-3-6/h2H,1H3,(H,7,11). The van der Waals surface area contributed by atoms with Gasteiger partial charge in [-0.05, 0) is 0 Å². The van der Waals surface area contributed by atoms with Gasteiger partial charge in [0.25, 0.3) is 5.91 Å². The molecule has 1 aromatic rings. The van der Waals surface area contributed by atoms with Crippen molar-refractivity contribution in [2.75, 3.05) is 0 Å². The summed E-state index contributed by atoms with van der Waals surface area (Å²) in [7, 11) is 1.64. The van der Waals surface area contributed by atoms with Crippen LogP contribution in [0, 0.1) is 11.5 Å². The summed E-state index contributed by atoms with van der Waals surface area (Å²) in [6, 6.07) is 0. The molecule has 0 saturated carbocycles. The first-order chi connectivity index (χ1) is 5.24. The Hall–Kier alpha value is -1.90. The van der Waals surface area contributed by atoms with E-state index in [0.717, 1.165) is 0 Å². The van der Waals surface area contributed by atoms with Crippen LogP contribution in [0.2, 0.25) is 0 Å². The van der Waals surface area contributed by atoms with Gasteiger partial charge in [0.05, 0.1) is 6.20 Å². The molecule has 1 heterocycles. The predicted molar refractivity (Wildman–Crippen MR) is 34.1 cm³/mol. The molecule has 1 aromatic heterocycles. The van der Waals surface area contributed by atoms with Gasteiger partial charge in [0, 0.05) is 7.05 Å². The van der Waals surface area contributed by atoms with E-state index in [2.05, 4.69) is 10.3 Å². The Morgan fingerprint density at radius 1 is 1.91 bits per heavy atom. The van der Waals surface area contributed by atoms with Crippen molar-refractivity contribution in [3.05, 3.63) is 11.9 Å². The first kappa shape index (κ1) is 7.21. The van der Waals surface area contributed by atoms with Crippen LogP contribution in [0.15, 0.2) is 6.20 Å². The number of carbonyl (C=O) groups is 1. The van der Waals surface area contributed by atoms with Crippen LogP contribution < -0.4 is 5.32 Å². The molecule has 0 bridgehead atoms. The summed E-state index contributed by atoms with van der Waals surface area (Å²) in [4.78, 5) is 10.8. The number of nitrogens with one attached hydrogen (secondary N) is 1. The lowest BCUT2D eigenvalue weighted by Gasteiger charge is -1.86. The molecule has 0 fully saturated rings. The van der Waals surface area contributed by atoms with E-state index in [1.807, 2.05) is 5.32 Å². The summed E-state index contributed by atoms with van der Waals surface area (Å²) in [5.41, 5.74) is 0.133. The van der Waals surface area contributed by atoms with Crippen LogP contribution >= 0.6 is 0 Å². The highest BCUT2D eigenvalue weighted by molar-refractivity contribution is 5.92. The van der Waals surface area contributed by atoms with E-state index in [-0.39, 0.29) is 5.69 Å². The summed E-state index contributed by atoms with van der Waals surface area (Å²) in [6.07, 6.45) is 2.92. The van der Waals surface area contributed by atoms with Gasteiger partial charge in [0.2, 0.25) is 0 Å². The number of amides is 1. The molecule has 0 radical (unpaired) electrons. The van der Waals surface area contributed by atoms with E-state index < -0.39 is 5.91 Å². The Labute approximate surface area is 62.4 Å². The molecule has 1 N–H and O–H groups in total. The molecule has 0 saturated heterocycles. The van der Waals surface area contributed by atoms with Crippen molar-refractivity contribution in [2.45, 2.75) is 0 Å². The number of nitriles is 1. The third-order valence-corrected chi connectivity index (χ3v) is 1.00. The summed E-state index contributed by atoms with van der Waals surface area (Å²) < 4.78 is 1.38. The van der Waals surface area contributed by atoms with Crippen LogP contribution in [0.4, 0.5) is 0 Å². The minimum Gasteiger partial charge on any atom is -0.266 e. The maximum absolute atomic E-state index is 10.8. The molecule has 0 atom stereocenters. The van der Waals surface area contributed by atoms with E-state index in [1.54, 1.807) is 7.05 Å². The van der Waals surface area contributed by atoms with Crippen molar-refractivity contribution in [1.29, 1.82) is 5.26 Å². The van der Waals surface area contributed by atoms with Crippen LogP contribution in [0.25, 0.3) is 0 Å². The fourth-order valence-electron chi connectivity index (χ4n) is 0.566. The molecule has 0 aliphatic carbocycles. The molecule has 0 aliphatic rings. The molecular formula is C5H5N5O. The summed E-state index contributed by atoms with van der Waals surface area (Å²) in [5, 5.41) is 17.0. The highest BCUT2D eigenvalue weighted by Gasteiger charge is 2.07. The Bertz CT molecular complexity index is 309. The average molecular weight is 151 g/mol. The first-order valence-electron chi connectivity index (χ1n) is 2.80. The molecule has 0 spiro atoms. The smallest absolute Gasteiger partial charge is 0.266 e. The topological polar surface area (TPSA) is 83.6 Å². The molecule has 56 valence electrons. The monoisotopic (exact) mass is 151 g/mol. The number of hydrogen-bond acceptors (Lipinski definition) is 4. The van der Waals surface area contributed by atoms with E-state index in [0.29, 0.717) is 0 Å². The van der Waals surface area contributed by atoms with Crippen LogP contribution in [-0.4, -0.2) is 20.9 Å². The van der Waals surface area contributed by atoms with Gasteiger partial charge in [-0.2, -0.15) is 5.26 Å². The second-order valence-corrected chi connectivity index (χ2v) is 1.84. The lowest BCUT2D eigenvalue weighted by atomic mass is 10.4. The van der Waals surface area contributed by atoms with Crippen LogP contribution in [0.1, 0.15) is 10.5 Å². The number of aryl methyl sites for hydroxylation is 1. The van der Waals surface area contributed by atoms with Gasteiger partial charge in [-0.1, -0.05) is 5.21 Å². The average Bonchev–Trinajstić information content (AvgIpc) is 2.36. The number of carbonyl (C=O) groups excluding carboxylic acids is 1. The molecule has 0 unspecified atom stereocenters. The SMILES string of the molecule is Cn1cc(C(=O)NC#N)nn1. The minimum absolute atomic E-state index is 0.133. The van der Waals surface area contributed by atoms with Crippen LogP contribution in [0.3, 0.4) is 0 Å². The van der Waals surface area contributed by atoms with Crippen molar-refractivity contribution < 1.29 is 4.79 Å². The zero-order chi connectivity index (χ0) is 8.27. The maximum Gasteiger partial charge on any atom is 0.286 e. The summed E-state index contributed by atoms with van der Waals surface area (Å²) in [5.74, 6) is -0.541. The fourth-order valence-corrected chi connectivity index (χ4v) is 0.566. The molecule has 6 nitrogen and oxygen atoms in total. The zero-order valence-corrected chi connectivity index (χ0v) is 5.77. The molecule has 1 rings (SSSR count). The first-order valence-corrected chi connectivity index (χ1v) is 2.80. The Kier molecular flexibility index (Phi) is 1.83. The lowest BCUT2D eigenvalue weighted by Crippen LogP contribution is -2.17. The van der Waals surface area contributed by atoms with Crippen LogP contribution in [0.5, 0.6) is 0 Å². The van der Waals surface area contributed by atoms with E-state index in [1.165, 1.54) is 17.1 Å². The molecule has 6 heteroatoms. The summed E-state index contributed by atoms with van der Waals surface area (Å²) in [6.45, 7) is 0. The molecule has 11 heavy (non-hydrogen) atoms. The second-order valence-electron chi connectivity index (χ2n) is 1.84. The molecule has 0 aromatic carbocycles. The van der Waals surface area contributed by atoms with Gasteiger partial charge >= 0.3 is 0 Å². The number of nitrogens with zero attached hydrogens (tertiary/aromatic N) is 4. The van der Waals surface area contributed by atoms with E-state index >= 15 is 0 Å². The fraction of sp³-hybridized carbons (Fsp3) is 0.200. The summed E-state index contributed by atoms with van der Waals surface area (Å²) >= 11 is 0. The van der Waals surface area contributed by atoms with E-state index in [4.69, 9.17) is 5.26 Å². The Morgan fingerprint density at radius 3 is 3.09 bits per heavy atom. The maximum atomic E-state index is 10.8. The highest BCUT2D eigenvalue weighted by atomic mass is 16.1. The van der Waals surface area contributed by atoms with Crippen molar-refractivity contribution in [3.63, 3.8) is 0 Å². The van der Waals surface area contributed by atoms with Gasteiger partial charge < -0.3 is 0 Å². The van der Waals surface area contributed by atoms with Gasteiger partial charge in [0.1, 0.15) is 0 Å². The van der Waals surface area contributed by atoms with Gasteiger partial charge in [0.15, 0.2) is 11.9 Å². The lowest BCUT2D eigenvalue weighted by molar-refractivity contribution is 0.0968.